The van der Waals surface area contributed by atoms with Gasteiger partial charge in [0.1, 0.15) is 11.6 Å². The van der Waals surface area contributed by atoms with Crippen molar-refractivity contribution in [1.29, 1.82) is 0 Å². The molecule has 0 fully saturated rings. The van der Waals surface area contributed by atoms with E-state index in [1.54, 1.807) is 11.8 Å². The Morgan fingerprint density at radius 2 is 1.86 bits per heavy atom. The number of aromatic nitrogens is 3. The van der Waals surface area contributed by atoms with Gasteiger partial charge in [0, 0.05) is 36.8 Å². The molecule has 2 heterocycles. The Hall–Kier alpha value is -2.43. The average molecular weight is 284 g/mol. The van der Waals surface area contributed by atoms with Gasteiger partial charge in [-0.05, 0) is 31.5 Å². The third-order valence-corrected chi connectivity index (χ3v) is 4.08. The van der Waals surface area contributed by atoms with E-state index in [0.29, 0.717) is 5.82 Å². The van der Waals surface area contributed by atoms with Gasteiger partial charge >= 0.3 is 0 Å². The summed E-state index contributed by atoms with van der Waals surface area (Å²) in [6.45, 7) is 4.16. The minimum Gasteiger partial charge on any atom is -0.495 e. The maximum Gasteiger partial charge on any atom is 0.143 e. The summed E-state index contributed by atoms with van der Waals surface area (Å²) in [5.41, 5.74) is 11.3. The Morgan fingerprint density at radius 1 is 1.14 bits per heavy atom. The molecule has 0 aliphatic rings. The Balaban J connectivity index is 2.43. The summed E-state index contributed by atoms with van der Waals surface area (Å²) in [7, 11) is 5.60. The Kier molecular flexibility index (Phi) is 2.93. The molecule has 0 saturated heterocycles. The van der Waals surface area contributed by atoms with Gasteiger partial charge in [-0.15, -0.1) is 0 Å². The number of nitrogen functional groups attached to an aromatic ring is 1. The van der Waals surface area contributed by atoms with E-state index < -0.39 is 0 Å². The minimum absolute atomic E-state index is 0.654. The molecular weight excluding hydrogens is 264 g/mol. The molecule has 5 nitrogen and oxygen atoms in total. The first kappa shape index (κ1) is 13.5. The van der Waals surface area contributed by atoms with Crippen molar-refractivity contribution in [3.63, 3.8) is 0 Å². The number of hydrogen-bond donors (Lipinski definition) is 1. The first-order valence-corrected chi connectivity index (χ1v) is 6.87. The molecule has 0 radical (unpaired) electrons. The predicted octanol–water partition coefficient (Wildman–Crippen LogP) is 2.79. The summed E-state index contributed by atoms with van der Waals surface area (Å²) >= 11 is 0. The monoisotopic (exact) mass is 284 g/mol. The van der Waals surface area contributed by atoms with Crippen LogP contribution in [0.25, 0.3) is 22.2 Å². The molecule has 2 aromatic heterocycles. The SMILES string of the molecule is COc1cc(C)cc2c(-c3cc(N)n(C)n3)c(C)n(C)c12. The van der Waals surface area contributed by atoms with Crippen molar-refractivity contribution in [2.24, 2.45) is 14.1 Å². The Labute approximate surface area is 123 Å². The van der Waals surface area contributed by atoms with Crippen molar-refractivity contribution in [2.45, 2.75) is 13.8 Å². The summed E-state index contributed by atoms with van der Waals surface area (Å²) < 4.78 is 9.39. The smallest absolute Gasteiger partial charge is 0.143 e. The fourth-order valence-electron chi connectivity index (χ4n) is 2.90. The molecule has 0 atom stereocenters. The van der Waals surface area contributed by atoms with Gasteiger partial charge < -0.3 is 15.0 Å². The summed E-state index contributed by atoms with van der Waals surface area (Å²) in [5.74, 6) is 1.53. The standard InChI is InChI=1S/C16H20N4O/c1-9-6-11-15(12-8-14(17)20(4)18-12)10(2)19(3)16(11)13(7-9)21-5/h6-8H,17H2,1-5H3. The first-order chi connectivity index (χ1) is 9.93. The van der Waals surface area contributed by atoms with Gasteiger partial charge in [-0.1, -0.05) is 0 Å². The highest BCUT2D eigenvalue weighted by atomic mass is 16.5. The van der Waals surface area contributed by atoms with Crippen molar-refractivity contribution in [2.75, 3.05) is 12.8 Å². The van der Waals surface area contributed by atoms with Crippen LogP contribution < -0.4 is 10.5 Å². The number of anilines is 1. The van der Waals surface area contributed by atoms with E-state index in [1.807, 2.05) is 20.2 Å². The van der Waals surface area contributed by atoms with Crippen LogP contribution in [0.5, 0.6) is 5.75 Å². The van der Waals surface area contributed by atoms with Gasteiger partial charge in [-0.3, -0.25) is 4.68 Å². The summed E-state index contributed by atoms with van der Waals surface area (Å²) in [6.07, 6.45) is 0. The van der Waals surface area contributed by atoms with Crippen LogP contribution in [0.4, 0.5) is 5.82 Å². The quantitative estimate of drug-likeness (QED) is 0.787. The number of benzene rings is 1. The van der Waals surface area contributed by atoms with E-state index in [1.165, 1.54) is 0 Å². The van der Waals surface area contributed by atoms with Crippen LogP contribution in [0, 0.1) is 13.8 Å². The number of hydrogen-bond acceptors (Lipinski definition) is 3. The molecule has 0 aliphatic carbocycles. The fourth-order valence-corrected chi connectivity index (χ4v) is 2.90. The predicted molar refractivity (Wildman–Crippen MR) is 85.6 cm³/mol. The minimum atomic E-state index is 0.654. The normalized spacial score (nSPS) is 11.3. The fraction of sp³-hybridized carbons (Fsp3) is 0.312. The second kappa shape index (κ2) is 4.55. The van der Waals surface area contributed by atoms with Crippen LogP contribution in [-0.2, 0) is 14.1 Å². The van der Waals surface area contributed by atoms with E-state index in [4.69, 9.17) is 10.5 Å². The number of methoxy groups -OCH3 is 1. The van der Waals surface area contributed by atoms with Crippen LogP contribution in [0.15, 0.2) is 18.2 Å². The van der Waals surface area contributed by atoms with Crippen molar-refractivity contribution < 1.29 is 4.74 Å². The van der Waals surface area contributed by atoms with E-state index in [0.717, 1.165) is 39.2 Å². The number of ether oxygens (including phenoxy) is 1. The molecule has 0 saturated carbocycles. The number of fused-ring (bicyclic) bond motifs is 1. The molecule has 5 heteroatoms. The third kappa shape index (κ3) is 1.88. The molecule has 1 aromatic carbocycles. The zero-order valence-electron chi connectivity index (χ0n) is 13.1. The largest absolute Gasteiger partial charge is 0.495 e. The molecule has 0 aliphatic heterocycles. The van der Waals surface area contributed by atoms with E-state index in [9.17, 15) is 0 Å². The number of rotatable bonds is 2. The number of aryl methyl sites for hydroxylation is 3. The number of nitrogens with zero attached hydrogens (tertiary/aromatic N) is 3. The van der Waals surface area contributed by atoms with Crippen molar-refractivity contribution >= 4 is 16.7 Å². The molecule has 3 aromatic rings. The van der Waals surface area contributed by atoms with Crippen LogP contribution in [-0.4, -0.2) is 21.5 Å². The Morgan fingerprint density at radius 3 is 2.43 bits per heavy atom. The van der Waals surface area contributed by atoms with Crippen LogP contribution in [0.1, 0.15) is 11.3 Å². The van der Waals surface area contributed by atoms with E-state index in [2.05, 4.69) is 35.6 Å². The molecule has 21 heavy (non-hydrogen) atoms. The molecule has 110 valence electrons. The molecular formula is C16H20N4O. The van der Waals surface area contributed by atoms with Gasteiger partial charge in [-0.2, -0.15) is 5.10 Å². The van der Waals surface area contributed by atoms with Gasteiger partial charge in [-0.25, -0.2) is 0 Å². The van der Waals surface area contributed by atoms with Gasteiger partial charge in [0.25, 0.3) is 0 Å². The van der Waals surface area contributed by atoms with Crippen molar-refractivity contribution in [3.8, 4) is 17.0 Å². The van der Waals surface area contributed by atoms with Crippen LogP contribution >= 0.6 is 0 Å². The lowest BCUT2D eigenvalue weighted by molar-refractivity contribution is 0.417. The third-order valence-electron chi connectivity index (χ3n) is 4.08. The summed E-state index contributed by atoms with van der Waals surface area (Å²) in [4.78, 5) is 0. The molecule has 0 bridgehead atoms. The molecule has 2 N–H and O–H groups in total. The maximum atomic E-state index is 5.93. The second-order valence-corrected chi connectivity index (χ2v) is 5.46. The van der Waals surface area contributed by atoms with Crippen molar-refractivity contribution in [3.05, 3.63) is 29.5 Å². The van der Waals surface area contributed by atoms with Gasteiger partial charge in [0.05, 0.1) is 18.3 Å². The van der Waals surface area contributed by atoms with E-state index in [-0.39, 0.29) is 0 Å². The molecule has 0 amide bonds. The summed E-state index contributed by atoms with van der Waals surface area (Å²) in [5, 5.41) is 5.67. The van der Waals surface area contributed by atoms with Crippen LogP contribution in [0.2, 0.25) is 0 Å². The maximum absolute atomic E-state index is 5.93. The van der Waals surface area contributed by atoms with Gasteiger partial charge in [0.2, 0.25) is 0 Å². The zero-order chi connectivity index (χ0) is 15.3. The number of nitrogens with two attached hydrogens (primary N) is 1. The topological polar surface area (TPSA) is 58.0 Å². The lowest BCUT2D eigenvalue weighted by Crippen LogP contribution is -1.96. The summed E-state index contributed by atoms with van der Waals surface area (Å²) in [6, 6.07) is 6.14. The molecule has 3 rings (SSSR count). The van der Waals surface area contributed by atoms with Gasteiger partial charge in [0.15, 0.2) is 0 Å². The lowest BCUT2D eigenvalue weighted by atomic mass is 10.1. The molecule has 0 unspecified atom stereocenters. The average Bonchev–Trinajstić information content (AvgIpc) is 2.88. The first-order valence-electron chi connectivity index (χ1n) is 6.87. The lowest BCUT2D eigenvalue weighted by Gasteiger charge is -2.06. The highest BCUT2D eigenvalue weighted by Crippen LogP contribution is 2.38. The Bertz CT molecular complexity index is 822. The second-order valence-electron chi connectivity index (χ2n) is 5.46. The highest BCUT2D eigenvalue weighted by Gasteiger charge is 2.19. The van der Waals surface area contributed by atoms with E-state index >= 15 is 0 Å². The molecule has 0 spiro atoms. The van der Waals surface area contributed by atoms with Crippen LogP contribution in [0.3, 0.4) is 0 Å². The van der Waals surface area contributed by atoms with Crippen molar-refractivity contribution in [1.82, 2.24) is 14.3 Å². The highest BCUT2D eigenvalue weighted by molar-refractivity contribution is 6.00. The zero-order valence-corrected chi connectivity index (χ0v) is 13.1.